The molecule has 1 aliphatic carbocycles. The minimum atomic E-state index is -0.221. The van der Waals surface area contributed by atoms with Gasteiger partial charge in [0.1, 0.15) is 0 Å². The molecule has 0 saturated carbocycles. The van der Waals surface area contributed by atoms with E-state index in [2.05, 4.69) is 44.2 Å². The van der Waals surface area contributed by atoms with Gasteiger partial charge in [0.15, 0.2) is 5.78 Å². The molecule has 0 spiro atoms. The van der Waals surface area contributed by atoms with Crippen LogP contribution in [0.1, 0.15) is 50.2 Å². The van der Waals surface area contributed by atoms with Crippen molar-refractivity contribution in [1.82, 2.24) is 0 Å². The molecule has 0 N–H and O–H groups in total. The Kier molecular flexibility index (Phi) is 4.98. The first kappa shape index (κ1) is 21.0. The lowest BCUT2D eigenvalue weighted by Crippen LogP contribution is -2.44. The number of ketones is 1. The molecule has 1 aliphatic heterocycles. The Morgan fingerprint density at radius 3 is 2.47 bits per heavy atom. The maximum Gasteiger partial charge on any atom is 0.232 e. The third-order valence-electron chi connectivity index (χ3n) is 6.73. The molecule has 1 atom stereocenters. The van der Waals surface area contributed by atoms with Gasteiger partial charge in [-0.05, 0) is 52.8 Å². The first-order valence-electron chi connectivity index (χ1n) is 11.1. The number of Topliss-reactive ketones (excluding diaryl/α,β-unsaturated/α-hetero) is 1. The fraction of sp³-hybridized carbons (Fsp3) is 0.286. The molecule has 0 aromatic heterocycles. The van der Waals surface area contributed by atoms with Crippen LogP contribution in [0.15, 0.2) is 71.9 Å². The van der Waals surface area contributed by atoms with E-state index in [0.29, 0.717) is 17.9 Å². The van der Waals surface area contributed by atoms with Gasteiger partial charge in [0.2, 0.25) is 5.91 Å². The van der Waals surface area contributed by atoms with Crippen molar-refractivity contribution in [2.45, 2.75) is 46.0 Å². The highest BCUT2D eigenvalue weighted by Crippen LogP contribution is 2.49. The minimum absolute atomic E-state index is 0.0118. The van der Waals surface area contributed by atoms with Crippen molar-refractivity contribution in [2.75, 3.05) is 4.90 Å². The number of fused-ring (bicyclic) bond motifs is 1. The number of rotatable bonds is 2. The number of allylic oxidation sites excluding steroid dienone is 2. The Balaban J connectivity index is 1.71. The van der Waals surface area contributed by atoms with Crippen molar-refractivity contribution in [3.63, 3.8) is 0 Å². The van der Waals surface area contributed by atoms with E-state index in [1.165, 1.54) is 0 Å². The Morgan fingerprint density at radius 2 is 1.69 bits per heavy atom. The van der Waals surface area contributed by atoms with E-state index in [-0.39, 0.29) is 29.4 Å². The molecule has 0 bridgehead atoms. The lowest BCUT2D eigenvalue weighted by atomic mass is 9.69. The van der Waals surface area contributed by atoms with Crippen LogP contribution in [-0.4, -0.2) is 11.7 Å². The zero-order valence-corrected chi connectivity index (χ0v) is 19.4. The summed E-state index contributed by atoms with van der Waals surface area (Å²) in [6.45, 7) is 6.17. The number of carbonyl (C=O) groups excluding carboxylic acids is 2. The second-order valence-corrected chi connectivity index (χ2v) is 10.3. The molecule has 162 valence electrons. The quantitative estimate of drug-likeness (QED) is 0.429. The van der Waals surface area contributed by atoms with Crippen molar-refractivity contribution >= 4 is 39.8 Å². The third-order valence-corrected chi connectivity index (χ3v) is 6.97. The molecule has 2 aliphatic rings. The second-order valence-electron chi connectivity index (χ2n) is 9.82. The fourth-order valence-corrected chi connectivity index (χ4v) is 5.39. The van der Waals surface area contributed by atoms with Gasteiger partial charge in [-0.25, -0.2) is 0 Å². The summed E-state index contributed by atoms with van der Waals surface area (Å²) in [7, 11) is 0. The van der Waals surface area contributed by atoms with Crippen LogP contribution in [0.25, 0.3) is 10.8 Å². The molecule has 3 aromatic carbocycles. The zero-order chi connectivity index (χ0) is 22.6. The molecule has 1 heterocycles. The normalized spacial score (nSPS) is 20.6. The summed E-state index contributed by atoms with van der Waals surface area (Å²) in [5.74, 6) is -0.0641. The highest BCUT2D eigenvalue weighted by atomic mass is 35.5. The number of amides is 1. The fourth-order valence-electron chi connectivity index (χ4n) is 5.23. The zero-order valence-electron chi connectivity index (χ0n) is 18.6. The number of nitrogens with zero attached hydrogens (tertiary/aromatic N) is 1. The number of benzene rings is 3. The topological polar surface area (TPSA) is 37.4 Å². The number of anilines is 1. The van der Waals surface area contributed by atoms with E-state index in [1.807, 2.05) is 37.3 Å². The Labute approximate surface area is 193 Å². The summed E-state index contributed by atoms with van der Waals surface area (Å²) < 4.78 is 0. The van der Waals surface area contributed by atoms with Gasteiger partial charge in [-0.3, -0.25) is 14.5 Å². The first-order chi connectivity index (χ1) is 15.2. The number of hydrogen-bond donors (Lipinski definition) is 0. The van der Waals surface area contributed by atoms with Gasteiger partial charge in [-0.15, -0.1) is 0 Å². The van der Waals surface area contributed by atoms with Crippen molar-refractivity contribution in [2.24, 2.45) is 5.41 Å². The molecular weight excluding hydrogens is 418 g/mol. The number of aryl methyl sites for hydroxylation is 1. The smallest absolute Gasteiger partial charge is 0.232 e. The highest BCUT2D eigenvalue weighted by molar-refractivity contribution is 6.31. The predicted molar refractivity (Wildman–Crippen MR) is 130 cm³/mol. The van der Waals surface area contributed by atoms with Crippen molar-refractivity contribution < 1.29 is 9.59 Å². The molecule has 1 amide bonds. The molecule has 5 rings (SSSR count). The van der Waals surface area contributed by atoms with Crippen LogP contribution in [0.4, 0.5) is 5.69 Å². The van der Waals surface area contributed by atoms with E-state index in [1.54, 1.807) is 4.90 Å². The summed E-state index contributed by atoms with van der Waals surface area (Å²) in [6, 6.07) is 20.1. The number of halogens is 1. The summed E-state index contributed by atoms with van der Waals surface area (Å²) in [5.41, 5.74) is 4.20. The molecule has 1 unspecified atom stereocenters. The minimum Gasteiger partial charge on any atom is -0.294 e. The maximum atomic E-state index is 13.6. The van der Waals surface area contributed by atoms with Gasteiger partial charge in [0.25, 0.3) is 0 Å². The van der Waals surface area contributed by atoms with Gasteiger partial charge >= 0.3 is 0 Å². The average Bonchev–Trinajstić information content (AvgIpc) is 2.74. The van der Waals surface area contributed by atoms with Gasteiger partial charge in [0.05, 0.1) is 5.69 Å². The Morgan fingerprint density at radius 1 is 0.938 bits per heavy atom. The third kappa shape index (κ3) is 3.55. The standard InChI is InChI=1S/C28H26ClNO2/c1-17-8-11-21(29)13-23(17)30-24-15-28(2,3)16-25(31)27(24)22(14-26(30)32)20-10-9-18-6-4-5-7-19(18)12-20/h4-13,22H,14-16H2,1-3H3. The summed E-state index contributed by atoms with van der Waals surface area (Å²) >= 11 is 6.30. The monoisotopic (exact) mass is 443 g/mol. The summed E-state index contributed by atoms with van der Waals surface area (Å²) in [6.07, 6.45) is 1.44. The molecule has 0 saturated heterocycles. The van der Waals surface area contributed by atoms with E-state index >= 15 is 0 Å². The lowest BCUT2D eigenvalue weighted by Gasteiger charge is -2.43. The molecule has 3 aromatic rings. The van der Waals surface area contributed by atoms with Crippen molar-refractivity contribution in [3.8, 4) is 0 Å². The van der Waals surface area contributed by atoms with Crippen LogP contribution in [0, 0.1) is 12.3 Å². The summed E-state index contributed by atoms with van der Waals surface area (Å²) in [4.78, 5) is 28.9. The SMILES string of the molecule is Cc1ccc(Cl)cc1N1C(=O)CC(c2ccc3ccccc3c2)C2=C1CC(C)(C)CC2=O. The van der Waals surface area contributed by atoms with Crippen molar-refractivity contribution in [1.29, 1.82) is 0 Å². The molecule has 0 fully saturated rings. The van der Waals surface area contributed by atoms with Crippen LogP contribution >= 0.6 is 11.6 Å². The highest BCUT2D eigenvalue weighted by Gasteiger charge is 2.44. The van der Waals surface area contributed by atoms with Gasteiger partial charge in [-0.1, -0.05) is 74.0 Å². The van der Waals surface area contributed by atoms with Crippen LogP contribution in [0.2, 0.25) is 5.02 Å². The van der Waals surface area contributed by atoms with Gasteiger partial charge in [0, 0.05) is 35.1 Å². The lowest BCUT2D eigenvalue weighted by molar-refractivity contribution is -0.121. The molecule has 32 heavy (non-hydrogen) atoms. The van der Waals surface area contributed by atoms with Crippen LogP contribution in [-0.2, 0) is 9.59 Å². The van der Waals surface area contributed by atoms with Gasteiger partial charge < -0.3 is 0 Å². The molecule has 3 nitrogen and oxygen atoms in total. The Bertz CT molecular complexity index is 1300. The molecule has 4 heteroatoms. The number of carbonyl (C=O) groups is 2. The summed E-state index contributed by atoms with van der Waals surface area (Å²) in [5, 5.41) is 2.86. The largest absolute Gasteiger partial charge is 0.294 e. The number of hydrogen-bond acceptors (Lipinski definition) is 2. The van der Waals surface area contributed by atoms with Gasteiger partial charge in [-0.2, -0.15) is 0 Å². The average molecular weight is 444 g/mol. The van der Waals surface area contributed by atoms with E-state index < -0.39 is 0 Å². The first-order valence-corrected chi connectivity index (χ1v) is 11.5. The van der Waals surface area contributed by atoms with E-state index in [9.17, 15) is 9.59 Å². The van der Waals surface area contributed by atoms with E-state index in [0.717, 1.165) is 38.9 Å². The van der Waals surface area contributed by atoms with Crippen LogP contribution < -0.4 is 4.90 Å². The maximum absolute atomic E-state index is 13.6. The van der Waals surface area contributed by atoms with Crippen LogP contribution in [0.5, 0.6) is 0 Å². The Hall–Kier alpha value is -2.91. The predicted octanol–water partition coefficient (Wildman–Crippen LogP) is 6.97. The van der Waals surface area contributed by atoms with Crippen molar-refractivity contribution in [3.05, 3.63) is 88.1 Å². The van der Waals surface area contributed by atoms with E-state index in [4.69, 9.17) is 11.6 Å². The van der Waals surface area contributed by atoms with Crippen LogP contribution in [0.3, 0.4) is 0 Å². The molecule has 0 radical (unpaired) electrons. The molecular formula is C28H26ClNO2. The second kappa shape index (κ2) is 7.60.